The molecule has 0 saturated heterocycles. The summed E-state index contributed by atoms with van der Waals surface area (Å²) in [5.41, 5.74) is 2.12. The molecule has 0 radical (unpaired) electrons. The standard InChI is InChI=1S/C8H18O2Si/c1-5-9-8(10-6-2)7-11(3)4/h7,11H,5-6H2,1-4H3. The maximum atomic E-state index is 5.27. The van der Waals surface area contributed by atoms with Gasteiger partial charge in [-0.25, -0.2) is 0 Å². The molecule has 0 bridgehead atoms. The minimum atomic E-state index is -0.704. The third-order valence-electron chi connectivity index (χ3n) is 1.04. The van der Waals surface area contributed by atoms with E-state index in [1.54, 1.807) is 0 Å². The maximum absolute atomic E-state index is 5.27. The van der Waals surface area contributed by atoms with E-state index in [0.717, 1.165) is 5.95 Å². The van der Waals surface area contributed by atoms with Crippen LogP contribution in [0.15, 0.2) is 11.6 Å². The van der Waals surface area contributed by atoms with Crippen LogP contribution in [-0.4, -0.2) is 22.0 Å². The first-order valence-corrected chi connectivity index (χ1v) is 7.15. The van der Waals surface area contributed by atoms with Gasteiger partial charge in [-0.2, -0.15) is 0 Å². The molecule has 0 heterocycles. The molecular weight excluding hydrogens is 156 g/mol. The van der Waals surface area contributed by atoms with Gasteiger partial charge in [0.25, 0.3) is 5.95 Å². The first-order chi connectivity index (χ1) is 5.20. The number of hydrogen-bond donors (Lipinski definition) is 0. The van der Waals surface area contributed by atoms with Gasteiger partial charge in [0.15, 0.2) is 0 Å². The fourth-order valence-electron chi connectivity index (χ4n) is 0.695. The Balaban J connectivity index is 3.86. The molecule has 11 heavy (non-hydrogen) atoms. The molecule has 0 unspecified atom stereocenters. The Morgan fingerprint density at radius 1 is 1.18 bits per heavy atom. The molecule has 0 fully saturated rings. The monoisotopic (exact) mass is 174 g/mol. The first kappa shape index (κ1) is 10.6. The van der Waals surface area contributed by atoms with Gasteiger partial charge in [0.1, 0.15) is 0 Å². The fourth-order valence-corrected chi connectivity index (χ4v) is 1.43. The zero-order valence-corrected chi connectivity index (χ0v) is 9.04. The van der Waals surface area contributed by atoms with E-state index in [4.69, 9.17) is 9.47 Å². The summed E-state index contributed by atoms with van der Waals surface area (Å²) in [5.74, 6) is 0.719. The third kappa shape index (κ3) is 5.98. The molecular formula is C8H18O2Si. The predicted molar refractivity (Wildman–Crippen MR) is 50.2 cm³/mol. The summed E-state index contributed by atoms with van der Waals surface area (Å²) in [6, 6.07) is 0. The van der Waals surface area contributed by atoms with Gasteiger partial charge in [-0.05, 0) is 19.5 Å². The normalized spacial score (nSPS) is 9.55. The van der Waals surface area contributed by atoms with Crippen LogP contribution in [0.2, 0.25) is 13.1 Å². The van der Waals surface area contributed by atoms with E-state index in [9.17, 15) is 0 Å². The van der Waals surface area contributed by atoms with Crippen molar-refractivity contribution in [2.24, 2.45) is 0 Å². The van der Waals surface area contributed by atoms with Crippen LogP contribution in [0.25, 0.3) is 0 Å². The minimum Gasteiger partial charge on any atom is -0.466 e. The molecule has 0 N–H and O–H groups in total. The molecule has 0 aromatic heterocycles. The Kier molecular flexibility index (Phi) is 6.03. The lowest BCUT2D eigenvalue weighted by Crippen LogP contribution is -2.03. The van der Waals surface area contributed by atoms with E-state index in [1.165, 1.54) is 0 Å². The molecule has 2 nitrogen and oxygen atoms in total. The van der Waals surface area contributed by atoms with Gasteiger partial charge in [-0.15, -0.1) is 0 Å². The van der Waals surface area contributed by atoms with Gasteiger partial charge in [0.05, 0.1) is 22.0 Å². The average molecular weight is 174 g/mol. The molecule has 0 aliphatic heterocycles. The zero-order valence-electron chi connectivity index (χ0n) is 7.89. The minimum absolute atomic E-state index is 0.687. The third-order valence-corrected chi connectivity index (χ3v) is 1.98. The fraction of sp³-hybridized carbons (Fsp3) is 0.750. The van der Waals surface area contributed by atoms with Crippen LogP contribution in [0.4, 0.5) is 0 Å². The Morgan fingerprint density at radius 2 is 1.64 bits per heavy atom. The van der Waals surface area contributed by atoms with Crippen LogP contribution < -0.4 is 0 Å². The second-order valence-corrected chi connectivity index (χ2v) is 5.42. The number of hydrogen-bond acceptors (Lipinski definition) is 2. The summed E-state index contributed by atoms with van der Waals surface area (Å²) in [5, 5.41) is 0. The van der Waals surface area contributed by atoms with Crippen molar-refractivity contribution in [3.63, 3.8) is 0 Å². The molecule has 0 aliphatic rings. The van der Waals surface area contributed by atoms with Gasteiger partial charge in [-0.1, -0.05) is 13.1 Å². The van der Waals surface area contributed by atoms with E-state index >= 15 is 0 Å². The van der Waals surface area contributed by atoms with Gasteiger partial charge in [-0.3, -0.25) is 0 Å². The van der Waals surface area contributed by atoms with E-state index in [1.807, 2.05) is 13.8 Å². The van der Waals surface area contributed by atoms with Crippen molar-refractivity contribution in [2.75, 3.05) is 13.2 Å². The van der Waals surface area contributed by atoms with E-state index < -0.39 is 8.80 Å². The highest BCUT2D eigenvalue weighted by atomic mass is 28.3. The average Bonchev–Trinajstić information content (AvgIpc) is 1.87. The molecule has 0 aromatic carbocycles. The van der Waals surface area contributed by atoms with E-state index in [-0.39, 0.29) is 0 Å². The van der Waals surface area contributed by atoms with Crippen molar-refractivity contribution in [1.29, 1.82) is 0 Å². The molecule has 3 heteroatoms. The van der Waals surface area contributed by atoms with Crippen LogP contribution in [0.3, 0.4) is 0 Å². The summed E-state index contributed by atoms with van der Waals surface area (Å²) >= 11 is 0. The van der Waals surface area contributed by atoms with Crippen molar-refractivity contribution in [3.05, 3.63) is 11.6 Å². The summed E-state index contributed by atoms with van der Waals surface area (Å²) in [6.45, 7) is 9.78. The smallest absolute Gasteiger partial charge is 0.270 e. The highest BCUT2D eigenvalue weighted by molar-refractivity contribution is 6.61. The molecule has 0 aromatic rings. The van der Waals surface area contributed by atoms with Crippen molar-refractivity contribution < 1.29 is 9.47 Å². The highest BCUT2D eigenvalue weighted by Gasteiger charge is 1.98. The van der Waals surface area contributed by atoms with Crippen molar-refractivity contribution >= 4 is 8.80 Å². The van der Waals surface area contributed by atoms with E-state index in [2.05, 4.69) is 18.8 Å². The van der Waals surface area contributed by atoms with Crippen molar-refractivity contribution in [2.45, 2.75) is 26.9 Å². The van der Waals surface area contributed by atoms with Crippen LogP contribution in [-0.2, 0) is 9.47 Å². The lowest BCUT2D eigenvalue weighted by Gasteiger charge is -2.09. The lowest BCUT2D eigenvalue weighted by atomic mass is 10.8. The maximum Gasteiger partial charge on any atom is 0.270 e. The van der Waals surface area contributed by atoms with Crippen LogP contribution in [0, 0.1) is 0 Å². The van der Waals surface area contributed by atoms with Crippen LogP contribution in [0.5, 0.6) is 0 Å². The molecule has 0 rings (SSSR count). The quantitative estimate of drug-likeness (QED) is 0.468. The van der Waals surface area contributed by atoms with Gasteiger partial charge < -0.3 is 9.47 Å². The van der Waals surface area contributed by atoms with Gasteiger partial charge in [0.2, 0.25) is 0 Å². The molecule has 0 spiro atoms. The van der Waals surface area contributed by atoms with Gasteiger partial charge in [0, 0.05) is 0 Å². The van der Waals surface area contributed by atoms with Gasteiger partial charge >= 0.3 is 0 Å². The van der Waals surface area contributed by atoms with Crippen molar-refractivity contribution in [1.82, 2.24) is 0 Å². The van der Waals surface area contributed by atoms with Crippen LogP contribution >= 0.6 is 0 Å². The molecule has 0 saturated carbocycles. The lowest BCUT2D eigenvalue weighted by molar-refractivity contribution is 0.0475. The molecule has 0 aliphatic carbocycles. The van der Waals surface area contributed by atoms with Crippen LogP contribution in [0.1, 0.15) is 13.8 Å². The summed E-state index contributed by atoms with van der Waals surface area (Å²) in [6.07, 6.45) is 0. The number of ether oxygens (including phenoxy) is 2. The second-order valence-electron chi connectivity index (χ2n) is 2.60. The zero-order chi connectivity index (χ0) is 8.69. The predicted octanol–water partition coefficient (Wildman–Crippen LogP) is 1.93. The van der Waals surface area contributed by atoms with Crippen molar-refractivity contribution in [3.8, 4) is 0 Å². The molecule has 0 amide bonds. The topological polar surface area (TPSA) is 18.5 Å². The molecule has 0 atom stereocenters. The largest absolute Gasteiger partial charge is 0.466 e. The SMILES string of the molecule is CCOC(=C[SiH](C)C)OCC. The molecule has 66 valence electrons. The highest BCUT2D eigenvalue weighted by Crippen LogP contribution is 2.00. The summed E-state index contributed by atoms with van der Waals surface area (Å²) < 4.78 is 10.5. The summed E-state index contributed by atoms with van der Waals surface area (Å²) in [7, 11) is -0.704. The first-order valence-electron chi connectivity index (χ1n) is 4.18. The summed E-state index contributed by atoms with van der Waals surface area (Å²) in [4.78, 5) is 0. The second kappa shape index (κ2) is 6.28. The Hall–Kier alpha value is -0.443. The Labute approximate surface area is 70.8 Å². The Bertz CT molecular complexity index is 113. The number of rotatable bonds is 5. The van der Waals surface area contributed by atoms with E-state index in [0.29, 0.717) is 13.2 Å². The Morgan fingerprint density at radius 3 is 1.91 bits per heavy atom.